The van der Waals surface area contributed by atoms with E-state index >= 15 is 0 Å². The van der Waals surface area contributed by atoms with Crippen LogP contribution in [0, 0.1) is 12.3 Å². The van der Waals surface area contributed by atoms with E-state index in [0.29, 0.717) is 5.82 Å². The Kier molecular flexibility index (Phi) is 2.11. The van der Waals surface area contributed by atoms with E-state index in [1.165, 1.54) is 12.4 Å². The number of rotatable bonds is 1. The van der Waals surface area contributed by atoms with Crippen molar-refractivity contribution in [3.05, 3.63) is 18.2 Å². The largest absolute Gasteiger partial charge is 0.464 e. The maximum absolute atomic E-state index is 10.7. The standard InChI is InChI=1S/C9H10N2O2/c1-4-9(2,3)7-10-5-6-11(7)8(12)13/h1,5-6H,2-3H3,(H,12,13). The van der Waals surface area contributed by atoms with Crippen LogP contribution < -0.4 is 0 Å². The van der Waals surface area contributed by atoms with E-state index < -0.39 is 11.5 Å². The highest BCUT2D eigenvalue weighted by Crippen LogP contribution is 2.19. The Labute approximate surface area is 76.2 Å². The molecule has 1 N–H and O–H groups in total. The molecule has 0 saturated carbocycles. The van der Waals surface area contributed by atoms with Crippen LogP contribution in [-0.4, -0.2) is 20.8 Å². The average molecular weight is 178 g/mol. The van der Waals surface area contributed by atoms with E-state index in [1.807, 2.05) is 0 Å². The van der Waals surface area contributed by atoms with Gasteiger partial charge in [-0.15, -0.1) is 6.42 Å². The van der Waals surface area contributed by atoms with Gasteiger partial charge < -0.3 is 5.11 Å². The van der Waals surface area contributed by atoms with Crippen LogP contribution in [0.15, 0.2) is 12.4 Å². The molecule has 4 heteroatoms. The fraction of sp³-hybridized carbons (Fsp3) is 0.333. The van der Waals surface area contributed by atoms with Crippen LogP contribution in [0.2, 0.25) is 0 Å². The molecule has 0 atom stereocenters. The Hall–Kier alpha value is -1.76. The van der Waals surface area contributed by atoms with Crippen molar-refractivity contribution in [2.24, 2.45) is 0 Å². The summed E-state index contributed by atoms with van der Waals surface area (Å²) in [6.07, 6.45) is 6.99. The van der Waals surface area contributed by atoms with Crippen molar-refractivity contribution >= 4 is 6.09 Å². The summed E-state index contributed by atoms with van der Waals surface area (Å²) in [5.41, 5.74) is -0.665. The summed E-state index contributed by atoms with van der Waals surface area (Å²) in [5.74, 6) is 2.86. The highest BCUT2D eigenvalue weighted by molar-refractivity contribution is 5.69. The van der Waals surface area contributed by atoms with Crippen molar-refractivity contribution in [2.45, 2.75) is 19.3 Å². The quantitative estimate of drug-likeness (QED) is 0.660. The molecule has 0 saturated heterocycles. The van der Waals surface area contributed by atoms with Crippen molar-refractivity contribution in [2.75, 3.05) is 0 Å². The predicted octanol–water partition coefficient (Wildman–Crippen LogP) is 1.32. The molecule has 1 aromatic heterocycles. The second-order valence-electron chi connectivity index (χ2n) is 3.17. The summed E-state index contributed by atoms with van der Waals surface area (Å²) in [7, 11) is 0. The van der Waals surface area contributed by atoms with Gasteiger partial charge in [0.25, 0.3) is 0 Å². The molecule has 0 amide bonds. The van der Waals surface area contributed by atoms with Crippen molar-refractivity contribution < 1.29 is 9.90 Å². The lowest BCUT2D eigenvalue weighted by atomic mass is 9.94. The number of terminal acetylenes is 1. The molecule has 0 unspecified atom stereocenters. The van der Waals surface area contributed by atoms with E-state index in [9.17, 15) is 4.79 Å². The molecular formula is C9H10N2O2. The summed E-state index contributed by atoms with van der Waals surface area (Å²) in [4.78, 5) is 14.6. The van der Waals surface area contributed by atoms with Gasteiger partial charge in [0.15, 0.2) is 0 Å². The smallest absolute Gasteiger partial charge is 0.417 e. The molecule has 0 fully saturated rings. The van der Waals surface area contributed by atoms with Crippen LogP contribution >= 0.6 is 0 Å². The zero-order chi connectivity index (χ0) is 10.1. The number of carboxylic acid groups (broad SMARTS) is 1. The van der Waals surface area contributed by atoms with Crippen molar-refractivity contribution in [3.63, 3.8) is 0 Å². The second kappa shape index (κ2) is 2.94. The predicted molar refractivity (Wildman–Crippen MR) is 47.5 cm³/mol. The zero-order valence-electron chi connectivity index (χ0n) is 7.48. The summed E-state index contributed by atoms with van der Waals surface area (Å²) in [6, 6.07) is 0. The lowest BCUT2D eigenvalue weighted by molar-refractivity contribution is 0.194. The first-order valence-corrected chi connectivity index (χ1v) is 3.74. The Bertz CT molecular complexity index is 371. The number of nitrogens with zero attached hydrogens (tertiary/aromatic N) is 2. The van der Waals surface area contributed by atoms with Gasteiger partial charge >= 0.3 is 6.09 Å². The number of imidazole rings is 1. The highest BCUT2D eigenvalue weighted by atomic mass is 16.4. The fourth-order valence-corrected chi connectivity index (χ4v) is 0.985. The Morgan fingerprint density at radius 3 is 2.85 bits per heavy atom. The molecule has 0 aliphatic carbocycles. The third-order valence-electron chi connectivity index (χ3n) is 1.77. The van der Waals surface area contributed by atoms with Gasteiger partial charge in [-0.05, 0) is 13.8 Å². The Morgan fingerprint density at radius 2 is 2.38 bits per heavy atom. The van der Waals surface area contributed by atoms with E-state index in [0.717, 1.165) is 4.57 Å². The first-order chi connectivity index (χ1) is 5.99. The monoisotopic (exact) mass is 178 g/mol. The molecule has 0 aliphatic rings. The van der Waals surface area contributed by atoms with E-state index in [4.69, 9.17) is 11.5 Å². The van der Waals surface area contributed by atoms with Gasteiger partial charge in [-0.2, -0.15) is 0 Å². The molecule has 1 aromatic rings. The van der Waals surface area contributed by atoms with Crippen LogP contribution in [0.4, 0.5) is 4.79 Å². The maximum atomic E-state index is 10.7. The topological polar surface area (TPSA) is 55.1 Å². The molecule has 0 bridgehead atoms. The molecule has 68 valence electrons. The first kappa shape index (κ1) is 9.33. The summed E-state index contributed by atoms with van der Waals surface area (Å²) in [5, 5.41) is 8.77. The number of aromatic nitrogens is 2. The van der Waals surface area contributed by atoms with Crippen LogP contribution in [0.1, 0.15) is 19.7 Å². The van der Waals surface area contributed by atoms with Gasteiger partial charge in [0.05, 0.1) is 5.41 Å². The second-order valence-corrected chi connectivity index (χ2v) is 3.17. The van der Waals surface area contributed by atoms with Crippen LogP contribution in [0.25, 0.3) is 0 Å². The minimum Gasteiger partial charge on any atom is -0.464 e. The Morgan fingerprint density at radius 1 is 1.77 bits per heavy atom. The van der Waals surface area contributed by atoms with Gasteiger partial charge in [0.2, 0.25) is 0 Å². The van der Waals surface area contributed by atoms with E-state index in [2.05, 4.69) is 10.9 Å². The van der Waals surface area contributed by atoms with E-state index in [-0.39, 0.29) is 0 Å². The van der Waals surface area contributed by atoms with Gasteiger partial charge in [-0.3, -0.25) is 0 Å². The van der Waals surface area contributed by atoms with Crippen LogP contribution in [-0.2, 0) is 5.41 Å². The fourth-order valence-electron chi connectivity index (χ4n) is 0.985. The molecule has 0 aliphatic heterocycles. The summed E-state index contributed by atoms with van der Waals surface area (Å²) >= 11 is 0. The van der Waals surface area contributed by atoms with Crippen LogP contribution in [0.3, 0.4) is 0 Å². The average Bonchev–Trinajstić information content (AvgIpc) is 2.52. The van der Waals surface area contributed by atoms with Gasteiger partial charge in [0.1, 0.15) is 5.82 Å². The SMILES string of the molecule is C#CC(C)(C)c1nccn1C(=O)O. The molecular weight excluding hydrogens is 168 g/mol. The van der Waals surface area contributed by atoms with Crippen molar-refractivity contribution in [3.8, 4) is 12.3 Å². The van der Waals surface area contributed by atoms with Gasteiger partial charge in [-0.1, -0.05) is 5.92 Å². The third kappa shape index (κ3) is 1.54. The number of carbonyl (C=O) groups is 1. The zero-order valence-corrected chi connectivity index (χ0v) is 7.48. The normalized spacial score (nSPS) is 10.8. The minimum absolute atomic E-state index is 0.363. The Balaban J connectivity index is 3.24. The molecule has 0 aromatic carbocycles. The molecule has 0 spiro atoms. The first-order valence-electron chi connectivity index (χ1n) is 3.74. The molecule has 1 heterocycles. The molecule has 0 radical (unpaired) electrons. The molecule has 13 heavy (non-hydrogen) atoms. The van der Waals surface area contributed by atoms with E-state index in [1.54, 1.807) is 13.8 Å². The lowest BCUT2D eigenvalue weighted by Gasteiger charge is -2.16. The minimum atomic E-state index is -1.07. The van der Waals surface area contributed by atoms with Crippen molar-refractivity contribution in [1.82, 2.24) is 9.55 Å². The van der Waals surface area contributed by atoms with Gasteiger partial charge in [-0.25, -0.2) is 14.3 Å². The highest BCUT2D eigenvalue weighted by Gasteiger charge is 2.24. The van der Waals surface area contributed by atoms with Crippen LogP contribution in [0.5, 0.6) is 0 Å². The number of hydrogen-bond donors (Lipinski definition) is 1. The third-order valence-corrected chi connectivity index (χ3v) is 1.77. The lowest BCUT2D eigenvalue weighted by Crippen LogP contribution is -2.23. The number of hydrogen-bond acceptors (Lipinski definition) is 2. The maximum Gasteiger partial charge on any atom is 0.417 e. The summed E-state index contributed by atoms with van der Waals surface area (Å²) < 4.78 is 1.03. The molecule has 1 rings (SSSR count). The van der Waals surface area contributed by atoms with Gasteiger partial charge in [0, 0.05) is 12.4 Å². The van der Waals surface area contributed by atoms with Crippen molar-refractivity contribution in [1.29, 1.82) is 0 Å². The summed E-state index contributed by atoms with van der Waals surface area (Å²) in [6.45, 7) is 3.49. The molecule has 4 nitrogen and oxygen atoms in total.